The highest BCUT2D eigenvalue weighted by atomic mass is 35.5. The van der Waals surface area contributed by atoms with Crippen LogP contribution < -0.4 is 5.32 Å². The summed E-state index contributed by atoms with van der Waals surface area (Å²) >= 11 is 0. The lowest BCUT2D eigenvalue weighted by Gasteiger charge is -2.34. The van der Waals surface area contributed by atoms with Gasteiger partial charge in [-0.15, -0.1) is 24.8 Å². The summed E-state index contributed by atoms with van der Waals surface area (Å²) in [6.45, 7) is 10.3. The number of halogens is 2. The second-order valence-corrected chi connectivity index (χ2v) is 5.30. The molecule has 0 aromatic rings. The molecule has 116 valence electrons. The van der Waals surface area contributed by atoms with Crippen LogP contribution in [-0.4, -0.2) is 75.9 Å². The van der Waals surface area contributed by atoms with Gasteiger partial charge in [0, 0.05) is 26.2 Å². The van der Waals surface area contributed by atoms with Crippen molar-refractivity contribution in [3.8, 4) is 0 Å². The Kier molecular flexibility index (Phi) is 11.4. The van der Waals surface area contributed by atoms with Crippen LogP contribution in [-0.2, 0) is 4.74 Å². The monoisotopic (exact) mass is 313 g/mol. The van der Waals surface area contributed by atoms with Crippen LogP contribution in [0.3, 0.4) is 0 Å². The van der Waals surface area contributed by atoms with E-state index >= 15 is 0 Å². The Labute approximate surface area is 130 Å². The van der Waals surface area contributed by atoms with E-state index in [0.29, 0.717) is 0 Å². The zero-order chi connectivity index (χ0) is 11.9. The first-order chi connectivity index (χ1) is 8.38. The van der Waals surface area contributed by atoms with Crippen LogP contribution in [0, 0.1) is 5.92 Å². The average molecular weight is 314 g/mol. The number of hydrogen-bond acceptors (Lipinski definition) is 4. The molecule has 0 aromatic heterocycles. The van der Waals surface area contributed by atoms with Gasteiger partial charge in [-0.25, -0.2) is 0 Å². The average Bonchev–Trinajstić information content (AvgIpc) is 2.40. The second kappa shape index (κ2) is 11.1. The van der Waals surface area contributed by atoms with Crippen LogP contribution in [0.4, 0.5) is 0 Å². The Bertz CT molecular complexity index is 208. The first-order valence-electron chi connectivity index (χ1n) is 7.05. The summed E-state index contributed by atoms with van der Waals surface area (Å²) in [5, 5.41) is 3.30. The van der Waals surface area contributed by atoms with E-state index in [0.717, 1.165) is 32.2 Å². The first kappa shape index (κ1) is 19.4. The van der Waals surface area contributed by atoms with Gasteiger partial charge in [0.25, 0.3) is 0 Å². The molecule has 6 heteroatoms. The molecule has 0 spiro atoms. The molecule has 0 aromatic carbocycles. The number of nitrogens with zero attached hydrogens (tertiary/aromatic N) is 2. The minimum atomic E-state index is 0. The van der Waals surface area contributed by atoms with Gasteiger partial charge >= 0.3 is 0 Å². The Hall–Kier alpha value is 0.420. The third-order valence-electron chi connectivity index (χ3n) is 4.04. The number of hydrogen-bond donors (Lipinski definition) is 1. The van der Waals surface area contributed by atoms with E-state index < -0.39 is 0 Å². The van der Waals surface area contributed by atoms with Crippen LogP contribution in [0.1, 0.15) is 12.8 Å². The van der Waals surface area contributed by atoms with Gasteiger partial charge in [0.15, 0.2) is 0 Å². The van der Waals surface area contributed by atoms with Crippen molar-refractivity contribution in [3.05, 3.63) is 0 Å². The zero-order valence-electron chi connectivity index (χ0n) is 12.0. The Morgan fingerprint density at radius 2 is 1.47 bits per heavy atom. The maximum absolute atomic E-state index is 5.37. The summed E-state index contributed by atoms with van der Waals surface area (Å²) in [5.74, 6) is 0.902. The van der Waals surface area contributed by atoms with Crippen molar-refractivity contribution in [2.24, 2.45) is 5.92 Å². The lowest BCUT2D eigenvalue weighted by atomic mass is 9.97. The third kappa shape index (κ3) is 7.11. The van der Waals surface area contributed by atoms with Crippen molar-refractivity contribution in [2.75, 3.05) is 66.1 Å². The van der Waals surface area contributed by atoms with Crippen molar-refractivity contribution >= 4 is 24.8 Å². The molecule has 2 fully saturated rings. The highest BCUT2D eigenvalue weighted by molar-refractivity contribution is 5.85. The molecule has 0 radical (unpaired) electrons. The van der Waals surface area contributed by atoms with Crippen molar-refractivity contribution < 1.29 is 4.74 Å². The van der Waals surface area contributed by atoms with Crippen molar-refractivity contribution in [1.29, 1.82) is 0 Å². The van der Waals surface area contributed by atoms with E-state index in [4.69, 9.17) is 4.74 Å². The molecule has 2 rings (SSSR count). The van der Waals surface area contributed by atoms with Gasteiger partial charge in [0.1, 0.15) is 0 Å². The van der Waals surface area contributed by atoms with E-state index in [1.807, 2.05) is 0 Å². The molecule has 0 aliphatic carbocycles. The number of ether oxygens (including phenoxy) is 1. The molecule has 2 saturated heterocycles. The molecule has 2 aliphatic rings. The van der Waals surface area contributed by atoms with Crippen LogP contribution in [0.5, 0.6) is 0 Å². The number of likely N-dealkylation sites (tertiary alicyclic amines) is 1. The van der Waals surface area contributed by atoms with Crippen molar-refractivity contribution in [3.63, 3.8) is 0 Å². The number of morpholine rings is 1. The van der Waals surface area contributed by atoms with Crippen LogP contribution >= 0.6 is 24.8 Å². The topological polar surface area (TPSA) is 27.7 Å². The Balaban J connectivity index is 0.00000162. The SMILES string of the molecule is CNCC1CCN(CCN2CCOCC2)CC1.Cl.Cl. The smallest absolute Gasteiger partial charge is 0.0594 e. The standard InChI is InChI=1S/C13H27N3O.2ClH/c1-14-12-13-2-4-15(5-3-13)6-7-16-8-10-17-11-9-16;;/h13-14H,2-12H2,1H3;2*1H. The van der Waals surface area contributed by atoms with Crippen molar-refractivity contribution in [2.45, 2.75) is 12.8 Å². The molecular weight excluding hydrogens is 285 g/mol. The molecule has 2 aliphatic heterocycles. The van der Waals surface area contributed by atoms with E-state index in [1.54, 1.807) is 0 Å². The minimum absolute atomic E-state index is 0. The fraction of sp³-hybridized carbons (Fsp3) is 1.00. The van der Waals surface area contributed by atoms with Gasteiger partial charge < -0.3 is 15.0 Å². The van der Waals surface area contributed by atoms with Crippen LogP contribution in [0.2, 0.25) is 0 Å². The Morgan fingerprint density at radius 1 is 0.947 bits per heavy atom. The summed E-state index contributed by atoms with van der Waals surface area (Å²) in [6, 6.07) is 0. The highest BCUT2D eigenvalue weighted by Crippen LogP contribution is 2.15. The quantitative estimate of drug-likeness (QED) is 0.822. The lowest BCUT2D eigenvalue weighted by Crippen LogP contribution is -2.44. The predicted octanol–water partition coefficient (Wildman–Crippen LogP) is 1.09. The molecule has 0 amide bonds. The molecule has 0 bridgehead atoms. The van der Waals surface area contributed by atoms with Gasteiger partial charge in [-0.2, -0.15) is 0 Å². The Morgan fingerprint density at radius 3 is 2.00 bits per heavy atom. The zero-order valence-corrected chi connectivity index (χ0v) is 13.6. The fourth-order valence-electron chi connectivity index (χ4n) is 2.81. The van der Waals surface area contributed by atoms with E-state index in [-0.39, 0.29) is 24.8 Å². The van der Waals surface area contributed by atoms with Gasteiger partial charge in [0.2, 0.25) is 0 Å². The number of rotatable bonds is 5. The van der Waals surface area contributed by atoms with Gasteiger partial charge in [-0.3, -0.25) is 4.90 Å². The summed E-state index contributed by atoms with van der Waals surface area (Å²) in [6.07, 6.45) is 2.73. The van der Waals surface area contributed by atoms with Crippen molar-refractivity contribution in [1.82, 2.24) is 15.1 Å². The lowest BCUT2D eigenvalue weighted by molar-refractivity contribution is 0.0314. The first-order valence-corrected chi connectivity index (χ1v) is 7.05. The molecule has 4 nitrogen and oxygen atoms in total. The van der Waals surface area contributed by atoms with E-state index in [1.165, 1.54) is 45.6 Å². The molecule has 2 heterocycles. The van der Waals surface area contributed by atoms with Crippen LogP contribution in [0.15, 0.2) is 0 Å². The van der Waals surface area contributed by atoms with Crippen LogP contribution in [0.25, 0.3) is 0 Å². The second-order valence-electron chi connectivity index (χ2n) is 5.30. The molecule has 0 atom stereocenters. The summed E-state index contributed by atoms with van der Waals surface area (Å²) < 4.78 is 5.37. The van der Waals surface area contributed by atoms with E-state index in [2.05, 4.69) is 22.2 Å². The maximum atomic E-state index is 5.37. The predicted molar refractivity (Wildman–Crippen MR) is 84.8 cm³/mol. The summed E-state index contributed by atoms with van der Waals surface area (Å²) in [7, 11) is 2.06. The molecule has 1 N–H and O–H groups in total. The third-order valence-corrected chi connectivity index (χ3v) is 4.04. The molecule has 19 heavy (non-hydrogen) atoms. The van der Waals surface area contributed by atoms with E-state index in [9.17, 15) is 0 Å². The normalized spacial score (nSPS) is 22.6. The highest BCUT2D eigenvalue weighted by Gasteiger charge is 2.19. The fourth-order valence-corrected chi connectivity index (χ4v) is 2.81. The van der Waals surface area contributed by atoms with Gasteiger partial charge in [-0.05, 0) is 45.4 Å². The number of piperidine rings is 1. The van der Waals surface area contributed by atoms with Gasteiger partial charge in [0.05, 0.1) is 13.2 Å². The summed E-state index contributed by atoms with van der Waals surface area (Å²) in [5.41, 5.74) is 0. The number of nitrogens with one attached hydrogen (secondary N) is 1. The summed E-state index contributed by atoms with van der Waals surface area (Å²) in [4.78, 5) is 5.16. The van der Waals surface area contributed by atoms with Gasteiger partial charge in [-0.1, -0.05) is 0 Å². The molecular formula is C13H29Cl2N3O. The molecule has 0 unspecified atom stereocenters. The minimum Gasteiger partial charge on any atom is -0.379 e. The largest absolute Gasteiger partial charge is 0.379 e. The molecule has 0 saturated carbocycles. The maximum Gasteiger partial charge on any atom is 0.0594 e.